The highest BCUT2D eigenvalue weighted by Crippen LogP contribution is 2.21. The zero-order valence-corrected chi connectivity index (χ0v) is 8.49. The van der Waals surface area contributed by atoms with Crippen molar-refractivity contribution < 1.29 is 0 Å². The molecule has 0 atom stereocenters. The number of nitrogens with one attached hydrogen (secondary N) is 1. The fourth-order valence-corrected chi connectivity index (χ4v) is 1.99. The molecular weight excluding hydrogens is 176 g/mol. The average molecular weight is 192 g/mol. The summed E-state index contributed by atoms with van der Waals surface area (Å²) in [7, 11) is 1.78. The summed E-state index contributed by atoms with van der Waals surface area (Å²) >= 11 is 0. The largest absolute Gasteiger partial charge is 0.381 e. The summed E-state index contributed by atoms with van der Waals surface area (Å²) in [5, 5.41) is 3.45. The van der Waals surface area contributed by atoms with Crippen LogP contribution >= 0.6 is 0 Å². The third kappa shape index (κ3) is 1.97. The quantitative estimate of drug-likeness (QED) is 0.774. The molecule has 0 saturated heterocycles. The number of aryl methyl sites for hydroxylation is 1. The van der Waals surface area contributed by atoms with Gasteiger partial charge in [-0.2, -0.15) is 0 Å². The third-order valence-electron chi connectivity index (χ3n) is 2.81. The molecule has 1 aromatic rings. The smallest absolute Gasteiger partial charge is 0.250 e. The Morgan fingerprint density at radius 2 is 2.07 bits per heavy atom. The van der Waals surface area contributed by atoms with Crippen LogP contribution in [0.4, 0.5) is 5.69 Å². The summed E-state index contributed by atoms with van der Waals surface area (Å²) in [4.78, 5) is 11.1. The van der Waals surface area contributed by atoms with E-state index in [-0.39, 0.29) is 5.56 Å². The van der Waals surface area contributed by atoms with E-state index in [2.05, 4.69) is 5.32 Å². The summed E-state index contributed by atoms with van der Waals surface area (Å²) in [6, 6.07) is 4.07. The van der Waals surface area contributed by atoms with Gasteiger partial charge < -0.3 is 9.88 Å². The third-order valence-corrected chi connectivity index (χ3v) is 2.81. The van der Waals surface area contributed by atoms with Crippen LogP contribution in [-0.4, -0.2) is 10.6 Å². The molecule has 76 valence electrons. The molecule has 3 nitrogen and oxygen atoms in total. The lowest BCUT2D eigenvalue weighted by Gasteiger charge is -2.13. The summed E-state index contributed by atoms with van der Waals surface area (Å²) in [6.45, 7) is 0. The van der Waals surface area contributed by atoms with Crippen molar-refractivity contribution in [3.8, 4) is 0 Å². The van der Waals surface area contributed by atoms with E-state index in [4.69, 9.17) is 0 Å². The maximum absolute atomic E-state index is 11.1. The van der Waals surface area contributed by atoms with Gasteiger partial charge >= 0.3 is 0 Å². The van der Waals surface area contributed by atoms with Gasteiger partial charge in [0.1, 0.15) is 0 Å². The van der Waals surface area contributed by atoms with Gasteiger partial charge in [0.15, 0.2) is 0 Å². The van der Waals surface area contributed by atoms with E-state index in [1.54, 1.807) is 17.7 Å². The van der Waals surface area contributed by atoms with Crippen molar-refractivity contribution >= 4 is 5.69 Å². The highest BCUT2D eigenvalue weighted by molar-refractivity contribution is 5.41. The Morgan fingerprint density at radius 1 is 1.36 bits per heavy atom. The molecule has 0 radical (unpaired) electrons. The van der Waals surface area contributed by atoms with E-state index in [9.17, 15) is 4.79 Å². The molecule has 1 aliphatic rings. The van der Waals surface area contributed by atoms with E-state index in [0.717, 1.165) is 5.69 Å². The molecule has 1 heterocycles. The molecule has 0 aliphatic heterocycles. The van der Waals surface area contributed by atoms with Gasteiger partial charge in [-0.05, 0) is 18.9 Å². The number of hydrogen-bond donors (Lipinski definition) is 1. The molecule has 0 aromatic carbocycles. The number of rotatable bonds is 2. The highest BCUT2D eigenvalue weighted by atomic mass is 16.1. The zero-order chi connectivity index (χ0) is 9.97. The number of nitrogens with zero attached hydrogens (tertiary/aromatic N) is 1. The van der Waals surface area contributed by atoms with Crippen LogP contribution in [0.15, 0.2) is 23.1 Å². The van der Waals surface area contributed by atoms with E-state index >= 15 is 0 Å². The van der Waals surface area contributed by atoms with Crippen LogP contribution in [0.2, 0.25) is 0 Å². The number of pyridine rings is 1. The first-order valence-corrected chi connectivity index (χ1v) is 5.19. The van der Waals surface area contributed by atoms with Gasteiger partial charge in [0, 0.05) is 25.4 Å². The number of aromatic nitrogens is 1. The minimum absolute atomic E-state index is 0.0435. The van der Waals surface area contributed by atoms with Crippen molar-refractivity contribution in [2.75, 3.05) is 5.32 Å². The van der Waals surface area contributed by atoms with Crippen LogP contribution in [0.3, 0.4) is 0 Å². The lowest BCUT2D eigenvalue weighted by Crippen LogP contribution is -2.19. The molecule has 0 spiro atoms. The normalized spacial score (nSPS) is 17.2. The number of hydrogen-bond acceptors (Lipinski definition) is 2. The molecule has 0 amide bonds. The van der Waals surface area contributed by atoms with Crippen LogP contribution in [0.25, 0.3) is 0 Å². The molecule has 1 aromatic heterocycles. The molecule has 1 fully saturated rings. The summed E-state index contributed by atoms with van der Waals surface area (Å²) in [5.41, 5.74) is 1.10. The second-order valence-corrected chi connectivity index (χ2v) is 3.99. The molecular formula is C11H16N2O. The van der Waals surface area contributed by atoms with E-state index in [1.807, 2.05) is 12.3 Å². The van der Waals surface area contributed by atoms with E-state index in [1.165, 1.54) is 25.7 Å². The fraction of sp³-hybridized carbons (Fsp3) is 0.545. The Kier molecular flexibility index (Phi) is 2.57. The second kappa shape index (κ2) is 3.86. The average Bonchev–Trinajstić information content (AvgIpc) is 2.64. The monoisotopic (exact) mass is 192 g/mol. The lowest BCUT2D eigenvalue weighted by molar-refractivity contribution is 0.750. The maximum atomic E-state index is 11.1. The summed E-state index contributed by atoms with van der Waals surface area (Å²) < 4.78 is 1.61. The molecule has 3 heteroatoms. The van der Waals surface area contributed by atoms with Gasteiger partial charge in [0.25, 0.3) is 0 Å². The summed E-state index contributed by atoms with van der Waals surface area (Å²) in [6.07, 6.45) is 7.01. The Bertz CT molecular complexity index is 364. The second-order valence-electron chi connectivity index (χ2n) is 3.99. The van der Waals surface area contributed by atoms with Gasteiger partial charge in [-0.15, -0.1) is 0 Å². The molecule has 1 aliphatic carbocycles. The van der Waals surface area contributed by atoms with Crippen LogP contribution in [0, 0.1) is 0 Å². The molecule has 2 rings (SSSR count). The Balaban J connectivity index is 2.09. The van der Waals surface area contributed by atoms with Crippen LogP contribution in [0.1, 0.15) is 25.7 Å². The predicted molar refractivity (Wildman–Crippen MR) is 57.6 cm³/mol. The molecule has 14 heavy (non-hydrogen) atoms. The topological polar surface area (TPSA) is 34.0 Å². The maximum Gasteiger partial charge on any atom is 0.250 e. The first-order chi connectivity index (χ1) is 6.75. The van der Waals surface area contributed by atoms with Gasteiger partial charge in [0.05, 0.1) is 5.69 Å². The standard InChI is InChI=1S/C11H16N2O/c1-13-8-10(6-7-11(13)14)12-9-4-2-3-5-9/h6-9,12H,2-5H2,1H3. The lowest BCUT2D eigenvalue weighted by atomic mass is 10.2. The van der Waals surface area contributed by atoms with Gasteiger partial charge in [-0.3, -0.25) is 4.79 Å². The zero-order valence-electron chi connectivity index (χ0n) is 8.49. The van der Waals surface area contributed by atoms with Gasteiger partial charge in [-0.1, -0.05) is 12.8 Å². The van der Waals surface area contributed by atoms with E-state index < -0.39 is 0 Å². The Hall–Kier alpha value is -1.25. The summed E-state index contributed by atoms with van der Waals surface area (Å²) in [5.74, 6) is 0. The van der Waals surface area contributed by atoms with Crippen molar-refractivity contribution in [2.24, 2.45) is 7.05 Å². The van der Waals surface area contributed by atoms with Crippen molar-refractivity contribution in [1.29, 1.82) is 0 Å². The van der Waals surface area contributed by atoms with Crippen LogP contribution < -0.4 is 10.9 Å². The van der Waals surface area contributed by atoms with Gasteiger partial charge in [-0.25, -0.2) is 0 Å². The SMILES string of the molecule is Cn1cc(NC2CCCC2)ccc1=O. The Morgan fingerprint density at radius 3 is 2.71 bits per heavy atom. The minimum Gasteiger partial charge on any atom is -0.381 e. The minimum atomic E-state index is 0.0435. The first-order valence-electron chi connectivity index (χ1n) is 5.19. The molecule has 1 saturated carbocycles. The molecule has 0 bridgehead atoms. The first kappa shape index (κ1) is 9.31. The van der Waals surface area contributed by atoms with Crippen LogP contribution in [-0.2, 0) is 7.05 Å². The van der Waals surface area contributed by atoms with E-state index in [0.29, 0.717) is 6.04 Å². The molecule has 0 unspecified atom stereocenters. The Labute approximate surface area is 83.8 Å². The van der Waals surface area contributed by atoms with Crippen molar-refractivity contribution in [3.05, 3.63) is 28.7 Å². The highest BCUT2D eigenvalue weighted by Gasteiger charge is 2.14. The van der Waals surface area contributed by atoms with Gasteiger partial charge in [0.2, 0.25) is 5.56 Å². The van der Waals surface area contributed by atoms with Crippen molar-refractivity contribution in [1.82, 2.24) is 4.57 Å². The van der Waals surface area contributed by atoms with Crippen molar-refractivity contribution in [2.45, 2.75) is 31.7 Å². The van der Waals surface area contributed by atoms with Crippen molar-refractivity contribution in [3.63, 3.8) is 0 Å². The number of anilines is 1. The van der Waals surface area contributed by atoms with Crippen LogP contribution in [0.5, 0.6) is 0 Å². The predicted octanol–water partition coefficient (Wildman–Crippen LogP) is 1.74. The fourth-order valence-electron chi connectivity index (χ4n) is 1.99. The molecule has 1 N–H and O–H groups in total.